The van der Waals surface area contributed by atoms with Gasteiger partial charge in [-0.2, -0.15) is 0 Å². The molecule has 0 bridgehead atoms. The average Bonchev–Trinajstić information content (AvgIpc) is 3.19. The zero-order chi connectivity index (χ0) is 19.1. The van der Waals surface area contributed by atoms with Crippen molar-refractivity contribution < 1.29 is 14.3 Å². The third kappa shape index (κ3) is 5.18. The normalized spacial score (nSPS) is 10.4. The summed E-state index contributed by atoms with van der Waals surface area (Å²) < 4.78 is 7.28. The number of nitrogens with two attached hydrogens (primary N) is 1. The Bertz CT molecular complexity index is 905. The van der Waals surface area contributed by atoms with Crippen molar-refractivity contribution in [2.75, 3.05) is 6.61 Å². The molecule has 0 atom stereocenters. The van der Waals surface area contributed by atoms with Crippen LogP contribution in [0.2, 0.25) is 0 Å². The molecule has 1 heterocycles. The molecule has 0 aliphatic carbocycles. The molecule has 0 saturated heterocycles. The van der Waals surface area contributed by atoms with E-state index in [0.29, 0.717) is 17.9 Å². The minimum atomic E-state index is -0.596. The standard InChI is InChI=1S/C20H20N4O3/c21-19(25)13-27-18-4-2-1-3-17(18)20(26)23-11-15-5-7-16(8-6-15)12-24-10-9-22-14-24/h1-10,14H,11-13H2,(H2,21,25)(H,23,26). The first-order valence-corrected chi connectivity index (χ1v) is 8.44. The predicted molar refractivity (Wildman–Crippen MR) is 100 cm³/mol. The Hall–Kier alpha value is -3.61. The summed E-state index contributed by atoms with van der Waals surface area (Å²) in [6.07, 6.45) is 5.42. The van der Waals surface area contributed by atoms with Crippen LogP contribution in [-0.4, -0.2) is 28.0 Å². The number of primary amides is 1. The fourth-order valence-electron chi connectivity index (χ4n) is 2.56. The summed E-state index contributed by atoms with van der Waals surface area (Å²) in [5.41, 5.74) is 7.57. The molecule has 0 saturated carbocycles. The van der Waals surface area contributed by atoms with Gasteiger partial charge in [0, 0.05) is 25.5 Å². The van der Waals surface area contributed by atoms with Crippen LogP contribution in [0.25, 0.3) is 0 Å². The molecule has 27 heavy (non-hydrogen) atoms. The Morgan fingerprint density at radius 2 is 1.81 bits per heavy atom. The topological polar surface area (TPSA) is 99.2 Å². The Balaban J connectivity index is 1.58. The molecular weight excluding hydrogens is 344 g/mol. The van der Waals surface area contributed by atoms with Gasteiger partial charge in [-0.1, -0.05) is 36.4 Å². The molecule has 7 nitrogen and oxygen atoms in total. The summed E-state index contributed by atoms with van der Waals surface area (Å²) in [4.78, 5) is 27.4. The number of para-hydroxylation sites is 1. The van der Waals surface area contributed by atoms with Crippen molar-refractivity contribution >= 4 is 11.8 Å². The first kappa shape index (κ1) is 18.2. The number of carbonyl (C=O) groups is 2. The van der Waals surface area contributed by atoms with Crippen LogP contribution in [0.5, 0.6) is 5.75 Å². The summed E-state index contributed by atoms with van der Waals surface area (Å²) >= 11 is 0. The number of ether oxygens (including phenoxy) is 1. The smallest absolute Gasteiger partial charge is 0.255 e. The Kier molecular flexibility index (Phi) is 5.84. The van der Waals surface area contributed by atoms with Crippen LogP contribution in [0.3, 0.4) is 0 Å². The Morgan fingerprint density at radius 1 is 1.07 bits per heavy atom. The van der Waals surface area contributed by atoms with Crippen LogP contribution in [-0.2, 0) is 17.9 Å². The van der Waals surface area contributed by atoms with Gasteiger partial charge >= 0.3 is 0 Å². The number of rotatable bonds is 8. The molecule has 3 aromatic rings. The third-order valence-corrected chi connectivity index (χ3v) is 3.90. The summed E-state index contributed by atoms with van der Waals surface area (Å²) in [6.45, 7) is 0.855. The zero-order valence-corrected chi connectivity index (χ0v) is 14.7. The molecule has 0 fully saturated rings. The maximum Gasteiger partial charge on any atom is 0.255 e. The highest BCUT2D eigenvalue weighted by Gasteiger charge is 2.12. The van der Waals surface area contributed by atoms with Crippen LogP contribution in [0, 0.1) is 0 Å². The first-order chi connectivity index (χ1) is 13.1. The van der Waals surface area contributed by atoms with E-state index in [1.807, 2.05) is 35.0 Å². The molecular formula is C20H20N4O3. The van der Waals surface area contributed by atoms with Crippen molar-refractivity contribution in [1.29, 1.82) is 0 Å². The van der Waals surface area contributed by atoms with E-state index in [1.54, 1.807) is 36.8 Å². The van der Waals surface area contributed by atoms with E-state index in [-0.39, 0.29) is 12.5 Å². The van der Waals surface area contributed by atoms with Crippen molar-refractivity contribution in [2.45, 2.75) is 13.1 Å². The molecule has 2 aromatic carbocycles. The number of amides is 2. The van der Waals surface area contributed by atoms with Gasteiger partial charge < -0.3 is 20.4 Å². The number of carbonyl (C=O) groups excluding carboxylic acids is 2. The van der Waals surface area contributed by atoms with E-state index >= 15 is 0 Å². The largest absolute Gasteiger partial charge is 0.483 e. The fraction of sp³-hybridized carbons (Fsp3) is 0.150. The summed E-state index contributed by atoms with van der Waals surface area (Å²) in [6, 6.07) is 14.7. The van der Waals surface area contributed by atoms with Gasteiger partial charge in [0.1, 0.15) is 5.75 Å². The number of benzene rings is 2. The van der Waals surface area contributed by atoms with E-state index in [0.717, 1.165) is 17.7 Å². The highest BCUT2D eigenvalue weighted by Crippen LogP contribution is 2.18. The highest BCUT2D eigenvalue weighted by atomic mass is 16.5. The fourth-order valence-corrected chi connectivity index (χ4v) is 2.56. The lowest BCUT2D eigenvalue weighted by atomic mass is 10.1. The van der Waals surface area contributed by atoms with Crippen LogP contribution in [0.4, 0.5) is 0 Å². The number of nitrogens with one attached hydrogen (secondary N) is 1. The molecule has 0 unspecified atom stereocenters. The second-order valence-corrected chi connectivity index (χ2v) is 5.99. The quantitative estimate of drug-likeness (QED) is 0.636. The first-order valence-electron chi connectivity index (χ1n) is 8.44. The van der Waals surface area contributed by atoms with Gasteiger partial charge in [0.05, 0.1) is 11.9 Å². The summed E-state index contributed by atoms with van der Waals surface area (Å²) in [5, 5.41) is 2.86. The number of aromatic nitrogens is 2. The molecule has 0 aliphatic heterocycles. The van der Waals surface area contributed by atoms with E-state index in [9.17, 15) is 9.59 Å². The van der Waals surface area contributed by atoms with E-state index in [4.69, 9.17) is 10.5 Å². The molecule has 3 N–H and O–H groups in total. The molecule has 3 rings (SSSR count). The van der Waals surface area contributed by atoms with Crippen molar-refractivity contribution in [3.05, 3.63) is 83.9 Å². The molecule has 138 valence electrons. The SMILES string of the molecule is NC(=O)COc1ccccc1C(=O)NCc1ccc(Cn2ccnc2)cc1. The van der Waals surface area contributed by atoms with Gasteiger partial charge in [-0.3, -0.25) is 9.59 Å². The van der Waals surface area contributed by atoms with Gasteiger partial charge in [-0.15, -0.1) is 0 Å². The number of hydrogen-bond acceptors (Lipinski definition) is 4. The van der Waals surface area contributed by atoms with Crippen molar-refractivity contribution in [1.82, 2.24) is 14.9 Å². The molecule has 7 heteroatoms. The monoisotopic (exact) mass is 364 g/mol. The number of hydrogen-bond donors (Lipinski definition) is 2. The lowest BCUT2D eigenvalue weighted by Crippen LogP contribution is -2.25. The average molecular weight is 364 g/mol. The van der Waals surface area contributed by atoms with Crippen molar-refractivity contribution in [3.8, 4) is 5.75 Å². The van der Waals surface area contributed by atoms with Crippen molar-refractivity contribution in [3.63, 3.8) is 0 Å². The molecule has 0 aliphatic rings. The minimum Gasteiger partial charge on any atom is -0.483 e. The number of imidazole rings is 1. The lowest BCUT2D eigenvalue weighted by molar-refractivity contribution is -0.119. The van der Waals surface area contributed by atoms with Crippen LogP contribution in [0.15, 0.2) is 67.3 Å². The number of nitrogens with zero attached hydrogens (tertiary/aromatic N) is 2. The van der Waals surface area contributed by atoms with Crippen LogP contribution >= 0.6 is 0 Å². The summed E-state index contributed by atoms with van der Waals surface area (Å²) in [7, 11) is 0. The maximum atomic E-state index is 12.4. The lowest BCUT2D eigenvalue weighted by Gasteiger charge is -2.11. The molecule has 0 radical (unpaired) electrons. The predicted octanol–water partition coefficient (Wildman–Crippen LogP) is 1.73. The summed E-state index contributed by atoms with van der Waals surface area (Å²) in [5.74, 6) is -0.553. The van der Waals surface area contributed by atoms with Crippen LogP contribution < -0.4 is 15.8 Å². The van der Waals surface area contributed by atoms with E-state index in [2.05, 4.69) is 10.3 Å². The van der Waals surface area contributed by atoms with E-state index in [1.165, 1.54) is 0 Å². The Morgan fingerprint density at radius 3 is 2.52 bits per heavy atom. The van der Waals surface area contributed by atoms with E-state index < -0.39 is 5.91 Å². The molecule has 2 amide bonds. The third-order valence-electron chi connectivity index (χ3n) is 3.90. The van der Waals surface area contributed by atoms with Gasteiger partial charge in [-0.05, 0) is 23.3 Å². The Labute approximate surface area is 156 Å². The maximum absolute atomic E-state index is 12.4. The molecule has 1 aromatic heterocycles. The van der Waals surface area contributed by atoms with Crippen molar-refractivity contribution in [2.24, 2.45) is 5.73 Å². The second-order valence-electron chi connectivity index (χ2n) is 5.99. The minimum absolute atomic E-state index is 0.275. The highest BCUT2D eigenvalue weighted by molar-refractivity contribution is 5.97. The second kappa shape index (κ2) is 8.66. The van der Waals surface area contributed by atoms with Gasteiger partial charge in [0.25, 0.3) is 11.8 Å². The van der Waals surface area contributed by atoms with Crippen LogP contribution in [0.1, 0.15) is 21.5 Å². The molecule has 0 spiro atoms. The zero-order valence-electron chi connectivity index (χ0n) is 14.7. The van der Waals surface area contributed by atoms with Gasteiger partial charge in [0.15, 0.2) is 6.61 Å². The van der Waals surface area contributed by atoms with Gasteiger partial charge in [-0.25, -0.2) is 4.98 Å². The van der Waals surface area contributed by atoms with Gasteiger partial charge in [0.2, 0.25) is 0 Å².